The van der Waals surface area contributed by atoms with Crippen molar-refractivity contribution in [2.45, 2.75) is 98.6 Å². The lowest BCUT2D eigenvalue weighted by Gasteiger charge is -2.46. The first-order valence-electron chi connectivity index (χ1n) is 9.95. The molecule has 2 saturated heterocycles. The van der Waals surface area contributed by atoms with E-state index in [0.29, 0.717) is 0 Å². The first kappa shape index (κ1) is 38.0. The monoisotopic (exact) mass is 624 g/mol. The van der Waals surface area contributed by atoms with Crippen LogP contribution in [0.3, 0.4) is 0 Å². The highest BCUT2D eigenvalue weighted by molar-refractivity contribution is 6.48. The molecule has 0 aromatic heterocycles. The van der Waals surface area contributed by atoms with Gasteiger partial charge in [0.25, 0.3) is 4.52 Å². The van der Waals surface area contributed by atoms with Crippen molar-refractivity contribution in [2.75, 3.05) is 13.3 Å². The Bertz CT molecular complexity index is 627. The van der Waals surface area contributed by atoms with Gasteiger partial charge in [0.05, 0.1) is 26.2 Å². The van der Waals surface area contributed by atoms with Crippen LogP contribution in [0, 0.1) is 0 Å². The lowest BCUT2D eigenvalue weighted by Crippen LogP contribution is -2.64. The predicted molar refractivity (Wildman–Crippen MR) is 107 cm³/mol. The van der Waals surface area contributed by atoms with Crippen molar-refractivity contribution >= 4 is 34.8 Å². The molecule has 0 spiro atoms. The highest BCUT2D eigenvalue weighted by atomic mass is 35.5. The number of ether oxygens (including phenoxy) is 2. The third-order valence-electron chi connectivity index (χ3n) is 4.50. The molecule has 3 atom stereocenters. The van der Waals surface area contributed by atoms with E-state index in [1.54, 1.807) is 0 Å². The van der Waals surface area contributed by atoms with Crippen LogP contribution in [-0.4, -0.2) is 58.6 Å². The van der Waals surface area contributed by atoms with Gasteiger partial charge in [-0.2, -0.15) is 39.5 Å². The molecule has 0 aromatic carbocycles. The highest BCUT2D eigenvalue weighted by Crippen LogP contribution is 2.59. The van der Waals surface area contributed by atoms with Gasteiger partial charge in [0.1, 0.15) is 0 Å². The van der Waals surface area contributed by atoms with E-state index >= 15 is 0 Å². The Hall–Kier alpha value is -0.120. The minimum Gasteiger partial charge on any atom is -0.277 e. The van der Waals surface area contributed by atoms with Crippen LogP contribution in [0.1, 0.15) is 53.4 Å². The molecule has 2 fully saturated rings. The van der Waals surface area contributed by atoms with Gasteiger partial charge in [-0.25, -0.2) is 8.78 Å². The fourth-order valence-electron chi connectivity index (χ4n) is 2.67. The van der Waals surface area contributed by atoms with Crippen molar-refractivity contribution < 1.29 is 66.5 Å². The Balaban J connectivity index is 0. The quantitative estimate of drug-likeness (QED) is 0.225. The van der Waals surface area contributed by atoms with Crippen LogP contribution in [0.25, 0.3) is 0 Å². The SMILES string of the molecule is CCC1(F)CC(F)(F)OC(Cl)(Cl)C1(F)F.CCC1(F)CC(F)(F)OC(F)(Cl)C1(F)F.CCF.CCF. The predicted octanol–water partition coefficient (Wildman–Crippen LogP) is 9.45. The summed E-state index contributed by atoms with van der Waals surface area (Å²) >= 11 is 14.2. The average Bonchev–Trinajstić information content (AvgIpc) is 2.64. The molecule has 2 aliphatic heterocycles. The summed E-state index contributed by atoms with van der Waals surface area (Å²) in [4.78, 5) is 0. The molecule has 36 heavy (non-hydrogen) atoms. The van der Waals surface area contributed by atoms with Crippen molar-refractivity contribution in [3.63, 3.8) is 0 Å². The maximum absolute atomic E-state index is 13.6. The Kier molecular flexibility index (Phi) is 13.5. The molecule has 2 nitrogen and oxygen atoms in total. The summed E-state index contributed by atoms with van der Waals surface area (Å²) in [6, 6.07) is 0. The van der Waals surface area contributed by atoms with Crippen LogP contribution in [0.2, 0.25) is 0 Å². The Morgan fingerprint density at radius 3 is 1.14 bits per heavy atom. The molecule has 0 amide bonds. The maximum atomic E-state index is 13.6. The lowest BCUT2D eigenvalue weighted by molar-refractivity contribution is -0.420. The fraction of sp³-hybridized carbons (Fsp3) is 1.00. The zero-order chi connectivity index (χ0) is 29.7. The van der Waals surface area contributed by atoms with Gasteiger partial charge >= 0.3 is 29.4 Å². The minimum atomic E-state index is -4.84. The van der Waals surface area contributed by atoms with Crippen LogP contribution in [0.15, 0.2) is 0 Å². The topological polar surface area (TPSA) is 18.5 Å². The molecule has 0 radical (unpaired) electrons. The van der Waals surface area contributed by atoms with Crippen molar-refractivity contribution in [1.29, 1.82) is 0 Å². The van der Waals surface area contributed by atoms with E-state index in [0.717, 1.165) is 13.8 Å². The van der Waals surface area contributed by atoms with E-state index in [4.69, 9.17) is 23.2 Å². The third-order valence-corrected chi connectivity index (χ3v) is 5.45. The first-order chi connectivity index (χ1) is 15.8. The van der Waals surface area contributed by atoms with Gasteiger partial charge in [0, 0.05) is 0 Å². The van der Waals surface area contributed by atoms with Gasteiger partial charge in [-0.1, -0.05) is 37.0 Å². The molecular formula is C18H24Cl3F13O2. The number of alkyl halides is 16. The van der Waals surface area contributed by atoms with Gasteiger partial charge in [-0.05, 0) is 38.3 Å². The molecule has 2 rings (SSSR count). The Morgan fingerprint density at radius 1 is 0.556 bits per heavy atom. The Morgan fingerprint density at radius 2 is 0.833 bits per heavy atom. The maximum Gasteiger partial charge on any atom is 0.362 e. The summed E-state index contributed by atoms with van der Waals surface area (Å²) in [5.41, 5.74) is -7.22. The number of hydrogen-bond donors (Lipinski definition) is 0. The summed E-state index contributed by atoms with van der Waals surface area (Å²) in [6.45, 7) is 4.31. The molecule has 3 unspecified atom stereocenters. The molecule has 0 saturated carbocycles. The third kappa shape index (κ3) is 8.44. The average molecular weight is 626 g/mol. The van der Waals surface area contributed by atoms with E-state index < -0.39 is 70.9 Å². The second kappa shape index (κ2) is 12.8. The fourth-order valence-corrected chi connectivity index (χ4v) is 3.51. The van der Waals surface area contributed by atoms with Gasteiger partial charge in [0.15, 0.2) is 11.3 Å². The molecule has 2 heterocycles. The molecule has 0 aliphatic carbocycles. The summed E-state index contributed by atoms with van der Waals surface area (Å²) in [5, 5.41) is -4.54. The summed E-state index contributed by atoms with van der Waals surface area (Å²) in [5.74, 6) is -9.24. The Labute approximate surface area is 213 Å². The summed E-state index contributed by atoms with van der Waals surface area (Å²) in [6.07, 6.45) is -14.0. The van der Waals surface area contributed by atoms with Crippen molar-refractivity contribution in [3.8, 4) is 0 Å². The van der Waals surface area contributed by atoms with Crippen molar-refractivity contribution in [3.05, 3.63) is 0 Å². The van der Waals surface area contributed by atoms with Crippen LogP contribution in [-0.2, 0) is 9.47 Å². The highest BCUT2D eigenvalue weighted by Gasteiger charge is 2.77. The largest absolute Gasteiger partial charge is 0.362 e. The summed E-state index contributed by atoms with van der Waals surface area (Å²) in [7, 11) is 0. The van der Waals surface area contributed by atoms with E-state index in [1.807, 2.05) is 0 Å². The van der Waals surface area contributed by atoms with Crippen LogP contribution >= 0.6 is 34.8 Å². The van der Waals surface area contributed by atoms with Gasteiger partial charge < -0.3 is 0 Å². The molecule has 0 bridgehead atoms. The minimum absolute atomic E-state index is 0.250. The molecule has 0 aromatic rings. The standard InChI is InChI=1S/C7H7Cl2F5O.C7H7ClF6O.2C2H5F/c1-2-4(10)3-5(11,12)15-7(8,9)6(4,13)14;1-2-4(9)3-5(10,11)15-7(8,14)6(4,12)13;2*1-2-3/h2*2-3H2,1H3;2*2H2,1H3. The number of rotatable bonds is 2. The number of halogens is 16. The molecule has 18 heteroatoms. The molecule has 220 valence electrons. The van der Waals surface area contributed by atoms with E-state index in [1.165, 1.54) is 13.8 Å². The smallest absolute Gasteiger partial charge is 0.277 e. The van der Waals surface area contributed by atoms with E-state index in [9.17, 15) is 57.1 Å². The van der Waals surface area contributed by atoms with Crippen molar-refractivity contribution in [1.82, 2.24) is 0 Å². The van der Waals surface area contributed by atoms with Gasteiger partial charge in [0.2, 0.25) is 0 Å². The van der Waals surface area contributed by atoms with Crippen LogP contribution < -0.4 is 0 Å². The number of hydrogen-bond acceptors (Lipinski definition) is 2. The van der Waals surface area contributed by atoms with E-state index in [2.05, 4.69) is 21.1 Å². The second-order valence-corrected chi connectivity index (χ2v) is 8.93. The molecule has 2 aliphatic rings. The second-order valence-electron chi connectivity index (χ2n) is 7.19. The van der Waals surface area contributed by atoms with Crippen molar-refractivity contribution in [2.24, 2.45) is 0 Å². The zero-order valence-electron chi connectivity index (χ0n) is 19.1. The summed E-state index contributed by atoms with van der Waals surface area (Å²) < 4.78 is 167. The van der Waals surface area contributed by atoms with Gasteiger partial charge in [-0.3, -0.25) is 18.3 Å². The van der Waals surface area contributed by atoms with Crippen LogP contribution in [0.5, 0.6) is 0 Å². The van der Waals surface area contributed by atoms with E-state index in [-0.39, 0.29) is 13.3 Å². The zero-order valence-corrected chi connectivity index (χ0v) is 21.4. The molecule has 0 N–H and O–H groups in total. The first-order valence-corrected chi connectivity index (χ1v) is 11.1. The normalized spacial score (nSPS) is 35.0. The van der Waals surface area contributed by atoms with Crippen LogP contribution in [0.4, 0.5) is 57.1 Å². The molecular weight excluding hydrogens is 602 g/mol. The van der Waals surface area contributed by atoms with Gasteiger partial charge in [-0.15, -0.1) is 0 Å². The lowest BCUT2D eigenvalue weighted by atomic mass is 9.88.